The van der Waals surface area contributed by atoms with Gasteiger partial charge in [0, 0.05) is 6.92 Å². The van der Waals surface area contributed by atoms with Crippen LogP contribution in [0.5, 0.6) is 0 Å². The van der Waals surface area contributed by atoms with Gasteiger partial charge in [0.05, 0.1) is 20.0 Å². The molecule has 0 unspecified atom stereocenters. The van der Waals surface area contributed by atoms with Gasteiger partial charge in [0.15, 0.2) is 6.20 Å². The number of hydrogen-bond donors (Lipinski definition) is 0. The lowest BCUT2D eigenvalue weighted by Gasteiger charge is -2.21. The topological polar surface area (TPSA) is 29.1 Å². The minimum Gasteiger partial charge on any atom is -0.272 e. The first-order valence-electron chi connectivity index (χ1n) is 4.54. The molecule has 0 bridgehead atoms. The highest BCUT2D eigenvalue weighted by atomic mass is 16.2. The van der Waals surface area contributed by atoms with Crippen molar-refractivity contribution in [1.82, 2.24) is 4.57 Å². The molecule has 0 aliphatic carbocycles. The maximum absolute atomic E-state index is 11.3. The summed E-state index contributed by atoms with van der Waals surface area (Å²) in [5, 5.41) is 1.78. The molecule has 0 N–H and O–H groups in total. The summed E-state index contributed by atoms with van der Waals surface area (Å²) < 4.78 is 4.01. The molecule has 0 saturated heterocycles. The molecule has 1 amide bonds. The maximum Gasteiger partial charge on any atom is 0.280 e. The van der Waals surface area contributed by atoms with Gasteiger partial charge < -0.3 is 0 Å². The second kappa shape index (κ2) is 2.87. The Hall–Kier alpha value is -1.32. The number of fused-ring (bicyclic) bond motifs is 1. The average Bonchev–Trinajstić information content (AvgIpc) is 2.48. The van der Waals surface area contributed by atoms with E-state index in [1.165, 1.54) is 5.82 Å². The van der Waals surface area contributed by atoms with Crippen molar-refractivity contribution in [3.8, 4) is 0 Å². The molecular formula is C9H14N3O+. The normalized spacial score (nSPS) is 15.7. The molecular weight excluding hydrogens is 166 g/mol. The monoisotopic (exact) mass is 180 g/mol. The van der Waals surface area contributed by atoms with Crippen LogP contribution in [0.25, 0.3) is 0 Å². The van der Waals surface area contributed by atoms with Gasteiger partial charge in [-0.05, 0) is 6.42 Å². The van der Waals surface area contributed by atoms with Crippen molar-refractivity contribution in [3.05, 3.63) is 18.2 Å². The Labute approximate surface area is 77.4 Å². The van der Waals surface area contributed by atoms with E-state index in [1.54, 1.807) is 11.9 Å². The number of imidazole rings is 1. The van der Waals surface area contributed by atoms with Crippen molar-refractivity contribution in [2.45, 2.75) is 19.8 Å². The lowest BCUT2D eigenvalue weighted by Crippen LogP contribution is -2.64. The highest BCUT2D eigenvalue weighted by Crippen LogP contribution is 2.04. The third-order valence-electron chi connectivity index (χ3n) is 2.50. The number of aryl methyl sites for hydroxylation is 1. The van der Waals surface area contributed by atoms with E-state index in [0.717, 1.165) is 19.4 Å². The lowest BCUT2D eigenvalue weighted by atomic mass is 10.2. The average molecular weight is 180 g/mol. The van der Waals surface area contributed by atoms with Gasteiger partial charge in [0.25, 0.3) is 11.7 Å². The molecule has 0 fully saturated rings. The van der Waals surface area contributed by atoms with Crippen molar-refractivity contribution in [1.29, 1.82) is 0 Å². The number of amides is 1. The Morgan fingerprint density at radius 2 is 2.38 bits per heavy atom. The highest BCUT2D eigenvalue weighted by Gasteiger charge is 2.27. The third-order valence-corrected chi connectivity index (χ3v) is 2.50. The predicted molar refractivity (Wildman–Crippen MR) is 47.7 cm³/mol. The fourth-order valence-corrected chi connectivity index (χ4v) is 1.81. The minimum atomic E-state index is 0.108. The molecule has 2 rings (SSSR count). The Kier molecular flexibility index (Phi) is 1.83. The van der Waals surface area contributed by atoms with Gasteiger partial charge in [0.2, 0.25) is 0 Å². The third kappa shape index (κ3) is 1.22. The quantitative estimate of drug-likeness (QED) is 0.506. The fourth-order valence-electron chi connectivity index (χ4n) is 1.81. The molecule has 1 aliphatic heterocycles. The molecule has 0 spiro atoms. The number of carbonyl (C=O) groups is 1. The van der Waals surface area contributed by atoms with Gasteiger partial charge in [-0.15, -0.1) is 4.68 Å². The van der Waals surface area contributed by atoms with E-state index < -0.39 is 0 Å². The number of carbonyl (C=O) groups excluding carboxylic acids is 1. The molecule has 4 heteroatoms. The van der Waals surface area contributed by atoms with Crippen molar-refractivity contribution in [2.24, 2.45) is 7.05 Å². The van der Waals surface area contributed by atoms with Crippen LogP contribution in [0.4, 0.5) is 0 Å². The molecule has 1 aromatic heterocycles. The molecule has 13 heavy (non-hydrogen) atoms. The fraction of sp³-hybridized carbons (Fsp3) is 0.556. The van der Waals surface area contributed by atoms with Crippen LogP contribution in [0.1, 0.15) is 19.2 Å². The van der Waals surface area contributed by atoms with Gasteiger partial charge >= 0.3 is 0 Å². The van der Waals surface area contributed by atoms with Gasteiger partial charge in [0.1, 0.15) is 6.20 Å². The Morgan fingerprint density at radius 3 is 3.08 bits per heavy atom. The zero-order chi connectivity index (χ0) is 9.42. The number of rotatable bonds is 0. The van der Waals surface area contributed by atoms with Crippen LogP contribution in [0.2, 0.25) is 0 Å². The summed E-state index contributed by atoms with van der Waals surface area (Å²) in [5.74, 6) is 1.30. The second-order valence-corrected chi connectivity index (χ2v) is 3.42. The number of aromatic nitrogens is 2. The molecule has 1 aromatic rings. The molecule has 0 atom stereocenters. The van der Waals surface area contributed by atoms with E-state index in [4.69, 9.17) is 0 Å². The first-order chi connectivity index (χ1) is 6.20. The van der Waals surface area contributed by atoms with Crippen LogP contribution in [0.15, 0.2) is 12.4 Å². The summed E-state index contributed by atoms with van der Waals surface area (Å²) in [7, 11) is 2.01. The van der Waals surface area contributed by atoms with E-state index in [1.807, 2.05) is 24.1 Å². The largest absolute Gasteiger partial charge is 0.280 e. The van der Waals surface area contributed by atoms with Gasteiger partial charge in [-0.25, -0.2) is 4.57 Å². The smallest absolute Gasteiger partial charge is 0.272 e. The van der Waals surface area contributed by atoms with E-state index >= 15 is 0 Å². The maximum atomic E-state index is 11.3. The highest BCUT2D eigenvalue weighted by molar-refractivity contribution is 5.81. The lowest BCUT2D eigenvalue weighted by molar-refractivity contribution is -0.694. The zero-order valence-corrected chi connectivity index (χ0v) is 8.03. The molecule has 0 aromatic carbocycles. The molecule has 0 saturated carbocycles. The standard InChI is InChI=1S/C9H14N3O/c1-8(13)11-5-3-4-9-10(2)6-7-12(9)11/h6-7H,3-5H2,1-2H3/q+1. The van der Waals surface area contributed by atoms with Crippen LogP contribution < -0.4 is 9.69 Å². The van der Waals surface area contributed by atoms with E-state index in [9.17, 15) is 4.79 Å². The van der Waals surface area contributed by atoms with Gasteiger partial charge in [-0.3, -0.25) is 4.79 Å². The number of hydrogen-bond acceptors (Lipinski definition) is 1. The Balaban J connectivity index is 2.43. The predicted octanol–water partition coefficient (Wildman–Crippen LogP) is -0.257. The molecule has 70 valence electrons. The van der Waals surface area contributed by atoms with Crippen molar-refractivity contribution >= 4 is 5.91 Å². The van der Waals surface area contributed by atoms with E-state index in [-0.39, 0.29) is 5.91 Å². The van der Waals surface area contributed by atoms with E-state index in [2.05, 4.69) is 4.57 Å². The van der Waals surface area contributed by atoms with Crippen LogP contribution in [0.3, 0.4) is 0 Å². The summed E-state index contributed by atoms with van der Waals surface area (Å²) in [6.07, 6.45) is 6.02. The summed E-state index contributed by atoms with van der Waals surface area (Å²) >= 11 is 0. The van der Waals surface area contributed by atoms with Crippen molar-refractivity contribution < 1.29 is 9.47 Å². The first-order valence-corrected chi connectivity index (χ1v) is 4.54. The van der Waals surface area contributed by atoms with Gasteiger partial charge in [-0.1, -0.05) is 0 Å². The van der Waals surface area contributed by atoms with Crippen LogP contribution >= 0.6 is 0 Å². The molecule has 2 heterocycles. The summed E-state index contributed by atoms with van der Waals surface area (Å²) in [6.45, 7) is 2.44. The Morgan fingerprint density at radius 1 is 1.62 bits per heavy atom. The molecule has 0 radical (unpaired) electrons. The second-order valence-electron chi connectivity index (χ2n) is 3.42. The zero-order valence-electron chi connectivity index (χ0n) is 8.03. The SMILES string of the molecule is CC(=O)N1CCCc2n(C)cc[n+]21. The summed E-state index contributed by atoms with van der Waals surface area (Å²) in [5.41, 5.74) is 0. The van der Waals surface area contributed by atoms with Crippen LogP contribution in [0, 0.1) is 0 Å². The van der Waals surface area contributed by atoms with Crippen molar-refractivity contribution in [3.63, 3.8) is 0 Å². The van der Waals surface area contributed by atoms with Crippen LogP contribution in [-0.4, -0.2) is 17.0 Å². The minimum absolute atomic E-state index is 0.108. The van der Waals surface area contributed by atoms with Crippen molar-refractivity contribution in [2.75, 3.05) is 11.6 Å². The summed E-state index contributed by atoms with van der Waals surface area (Å²) in [6, 6.07) is 0. The van der Waals surface area contributed by atoms with E-state index in [0.29, 0.717) is 0 Å². The molecule has 4 nitrogen and oxygen atoms in total. The van der Waals surface area contributed by atoms with Gasteiger partial charge in [-0.2, -0.15) is 5.01 Å². The summed E-state index contributed by atoms with van der Waals surface area (Å²) in [4.78, 5) is 11.3. The first kappa shape index (κ1) is 8.29. The number of nitrogens with zero attached hydrogens (tertiary/aromatic N) is 3. The van der Waals surface area contributed by atoms with Crippen LogP contribution in [-0.2, 0) is 18.3 Å². The Bertz CT molecular complexity index is 343. The molecule has 1 aliphatic rings.